The molecule has 1 aromatic carbocycles. The number of aromatic carboxylic acids is 1. The van der Waals surface area contributed by atoms with Gasteiger partial charge < -0.3 is 14.9 Å². The molecule has 0 aliphatic heterocycles. The van der Waals surface area contributed by atoms with Crippen molar-refractivity contribution in [2.24, 2.45) is 0 Å². The first-order valence-electron chi connectivity index (χ1n) is 4.36. The summed E-state index contributed by atoms with van der Waals surface area (Å²) in [6.07, 6.45) is 0. The van der Waals surface area contributed by atoms with E-state index in [-0.39, 0.29) is 16.9 Å². The van der Waals surface area contributed by atoms with Crippen LogP contribution in [0.1, 0.15) is 17.3 Å². The predicted molar refractivity (Wildman–Crippen MR) is 55.5 cm³/mol. The van der Waals surface area contributed by atoms with E-state index < -0.39 is 17.7 Å². The third kappa shape index (κ3) is 2.60. The molecule has 0 fully saturated rings. The van der Waals surface area contributed by atoms with Crippen LogP contribution in [0.15, 0.2) is 30.4 Å². The molecule has 0 aliphatic carbocycles. The quantitative estimate of drug-likeness (QED) is 0.460. The Morgan fingerprint density at radius 3 is 2.44 bits per heavy atom. The normalized spacial score (nSPS) is 9.56. The highest BCUT2D eigenvalue weighted by atomic mass is 16.5. The summed E-state index contributed by atoms with van der Waals surface area (Å²) in [6.45, 7) is 4.84. The number of hydrogen-bond acceptors (Lipinski definition) is 4. The molecular formula is C11H10O5. The lowest BCUT2D eigenvalue weighted by atomic mass is 10.2. The van der Waals surface area contributed by atoms with Gasteiger partial charge in [-0.25, -0.2) is 9.59 Å². The van der Waals surface area contributed by atoms with Gasteiger partial charge in [-0.3, -0.25) is 0 Å². The zero-order valence-electron chi connectivity index (χ0n) is 8.56. The van der Waals surface area contributed by atoms with Crippen molar-refractivity contribution in [2.75, 3.05) is 0 Å². The lowest BCUT2D eigenvalue weighted by Crippen LogP contribution is -2.08. The van der Waals surface area contributed by atoms with Crippen molar-refractivity contribution in [3.63, 3.8) is 0 Å². The highest BCUT2D eigenvalue weighted by molar-refractivity contribution is 5.90. The topological polar surface area (TPSA) is 83.8 Å². The number of hydrogen-bond donors (Lipinski definition) is 2. The molecule has 0 saturated carbocycles. The Balaban J connectivity index is 2.96. The van der Waals surface area contributed by atoms with E-state index in [1.165, 1.54) is 19.1 Å². The smallest absolute Gasteiger partial charge is 0.338 e. The first-order valence-corrected chi connectivity index (χ1v) is 4.36. The Labute approximate surface area is 91.6 Å². The van der Waals surface area contributed by atoms with Gasteiger partial charge in [0, 0.05) is 5.57 Å². The predicted octanol–water partition coefficient (Wildman–Crippen LogP) is 1.57. The van der Waals surface area contributed by atoms with Crippen LogP contribution in [0.4, 0.5) is 0 Å². The Morgan fingerprint density at radius 1 is 1.38 bits per heavy atom. The maximum absolute atomic E-state index is 11.1. The molecule has 0 bridgehead atoms. The van der Waals surface area contributed by atoms with Gasteiger partial charge in [0.15, 0.2) is 11.5 Å². The molecule has 1 aromatic rings. The molecule has 0 aliphatic rings. The Kier molecular flexibility index (Phi) is 3.30. The fourth-order valence-corrected chi connectivity index (χ4v) is 0.924. The summed E-state index contributed by atoms with van der Waals surface area (Å²) in [5.74, 6) is -2.36. The number of carboxylic acid groups (broad SMARTS) is 1. The summed E-state index contributed by atoms with van der Waals surface area (Å²) < 4.78 is 4.76. The highest BCUT2D eigenvalue weighted by Gasteiger charge is 2.12. The van der Waals surface area contributed by atoms with Crippen molar-refractivity contribution in [3.8, 4) is 11.5 Å². The van der Waals surface area contributed by atoms with Crippen molar-refractivity contribution in [1.29, 1.82) is 0 Å². The zero-order chi connectivity index (χ0) is 12.3. The number of phenols is 1. The van der Waals surface area contributed by atoms with Crippen molar-refractivity contribution >= 4 is 11.9 Å². The van der Waals surface area contributed by atoms with E-state index in [0.29, 0.717) is 0 Å². The van der Waals surface area contributed by atoms with E-state index in [0.717, 1.165) is 6.07 Å². The van der Waals surface area contributed by atoms with Gasteiger partial charge in [-0.05, 0) is 25.1 Å². The van der Waals surface area contributed by atoms with Crippen molar-refractivity contribution in [3.05, 3.63) is 35.9 Å². The van der Waals surface area contributed by atoms with Crippen LogP contribution in [0.25, 0.3) is 0 Å². The Hall–Kier alpha value is -2.30. The molecule has 0 aromatic heterocycles. The minimum atomic E-state index is -1.17. The van der Waals surface area contributed by atoms with Gasteiger partial charge in [0.2, 0.25) is 0 Å². The highest BCUT2D eigenvalue weighted by Crippen LogP contribution is 2.27. The summed E-state index contributed by atoms with van der Waals surface area (Å²) in [6, 6.07) is 3.44. The number of benzene rings is 1. The molecule has 1 rings (SSSR count). The van der Waals surface area contributed by atoms with Crippen LogP contribution >= 0.6 is 0 Å². The number of carbonyl (C=O) groups is 2. The molecular weight excluding hydrogens is 212 g/mol. The summed E-state index contributed by atoms with van der Waals surface area (Å²) in [5, 5.41) is 18.0. The molecule has 16 heavy (non-hydrogen) atoms. The average molecular weight is 222 g/mol. The lowest BCUT2D eigenvalue weighted by Gasteiger charge is -2.06. The van der Waals surface area contributed by atoms with E-state index in [2.05, 4.69) is 6.58 Å². The molecule has 2 N–H and O–H groups in total. The molecule has 0 spiro atoms. The van der Waals surface area contributed by atoms with Gasteiger partial charge in [0.05, 0.1) is 5.56 Å². The van der Waals surface area contributed by atoms with Gasteiger partial charge >= 0.3 is 11.9 Å². The number of esters is 1. The number of aromatic hydroxyl groups is 1. The maximum Gasteiger partial charge on any atom is 0.338 e. The molecule has 84 valence electrons. The summed E-state index contributed by atoms with van der Waals surface area (Å²) in [4.78, 5) is 21.7. The number of carbonyl (C=O) groups excluding carboxylic acids is 1. The summed E-state index contributed by atoms with van der Waals surface area (Å²) in [7, 11) is 0. The van der Waals surface area contributed by atoms with Crippen molar-refractivity contribution < 1.29 is 24.5 Å². The second-order valence-corrected chi connectivity index (χ2v) is 3.16. The van der Waals surface area contributed by atoms with Gasteiger partial charge in [-0.15, -0.1) is 0 Å². The summed E-state index contributed by atoms with van der Waals surface area (Å²) >= 11 is 0. The van der Waals surface area contributed by atoms with Crippen LogP contribution < -0.4 is 4.74 Å². The van der Waals surface area contributed by atoms with E-state index in [1.807, 2.05) is 0 Å². The van der Waals surface area contributed by atoms with Crippen LogP contribution in [-0.4, -0.2) is 22.2 Å². The molecule has 5 heteroatoms. The number of carboxylic acids is 1. The molecule has 0 amide bonds. The van der Waals surface area contributed by atoms with Gasteiger partial charge in [-0.1, -0.05) is 6.58 Å². The SMILES string of the molecule is C=C(C)C(=O)Oc1ccc(C(=O)O)cc1O. The van der Waals surface area contributed by atoms with Crippen LogP contribution in [0.5, 0.6) is 11.5 Å². The van der Waals surface area contributed by atoms with Crippen molar-refractivity contribution in [2.45, 2.75) is 6.92 Å². The first kappa shape index (κ1) is 11.8. The van der Waals surface area contributed by atoms with Gasteiger partial charge in [0.25, 0.3) is 0 Å². The minimum Gasteiger partial charge on any atom is -0.504 e. The fraction of sp³-hybridized carbons (Fsp3) is 0.0909. The number of rotatable bonds is 3. The molecule has 5 nitrogen and oxygen atoms in total. The maximum atomic E-state index is 11.1. The Morgan fingerprint density at radius 2 is 2.00 bits per heavy atom. The van der Waals surface area contributed by atoms with Crippen LogP contribution in [0, 0.1) is 0 Å². The third-order valence-electron chi connectivity index (χ3n) is 1.76. The van der Waals surface area contributed by atoms with Crippen LogP contribution in [-0.2, 0) is 4.79 Å². The molecule has 0 unspecified atom stereocenters. The summed E-state index contributed by atoms with van der Waals surface area (Å²) in [5.41, 5.74) is 0.0920. The lowest BCUT2D eigenvalue weighted by molar-refractivity contribution is -0.130. The molecule has 0 saturated heterocycles. The second-order valence-electron chi connectivity index (χ2n) is 3.16. The zero-order valence-corrected chi connectivity index (χ0v) is 8.56. The van der Waals surface area contributed by atoms with Crippen molar-refractivity contribution in [1.82, 2.24) is 0 Å². The minimum absolute atomic E-state index is 0.0902. The van der Waals surface area contributed by atoms with E-state index in [9.17, 15) is 14.7 Å². The third-order valence-corrected chi connectivity index (χ3v) is 1.76. The van der Waals surface area contributed by atoms with Crippen LogP contribution in [0.2, 0.25) is 0 Å². The first-order chi connectivity index (χ1) is 7.41. The Bertz CT molecular complexity index is 461. The monoisotopic (exact) mass is 222 g/mol. The van der Waals surface area contributed by atoms with Crippen LogP contribution in [0.3, 0.4) is 0 Å². The largest absolute Gasteiger partial charge is 0.504 e. The van der Waals surface area contributed by atoms with E-state index in [1.54, 1.807) is 0 Å². The fourth-order valence-electron chi connectivity index (χ4n) is 0.924. The molecule has 0 heterocycles. The number of ether oxygens (including phenoxy) is 1. The van der Waals surface area contributed by atoms with E-state index in [4.69, 9.17) is 9.84 Å². The number of phenolic OH excluding ortho intramolecular Hbond substituents is 1. The average Bonchev–Trinajstić information content (AvgIpc) is 2.20. The second kappa shape index (κ2) is 4.48. The molecule has 0 atom stereocenters. The molecule has 0 radical (unpaired) electrons. The van der Waals surface area contributed by atoms with Gasteiger partial charge in [-0.2, -0.15) is 0 Å². The van der Waals surface area contributed by atoms with E-state index >= 15 is 0 Å². The standard InChI is InChI=1S/C11H10O5/c1-6(2)11(15)16-9-4-3-7(10(13)14)5-8(9)12/h3-5,12H,1H2,2H3,(H,13,14). The van der Waals surface area contributed by atoms with Gasteiger partial charge in [0.1, 0.15) is 0 Å².